The molecule has 172 valence electrons. The second-order valence-corrected chi connectivity index (χ2v) is 8.31. The van der Waals surface area contributed by atoms with Crippen LogP contribution in [-0.4, -0.2) is 36.2 Å². The number of nitrogen functional groups attached to an aromatic ring is 1. The third kappa shape index (κ3) is 3.28. The van der Waals surface area contributed by atoms with Crippen LogP contribution in [0, 0.1) is 0 Å². The number of fused-ring (bicyclic) bond motifs is 2. The zero-order valence-corrected chi connectivity index (χ0v) is 18.8. The first-order chi connectivity index (χ1) is 17.2. The number of carbonyl (C=O) groups is 1. The Morgan fingerprint density at radius 2 is 1.89 bits per heavy atom. The molecule has 0 amide bonds. The summed E-state index contributed by atoms with van der Waals surface area (Å²) in [5.74, 6) is 1.09. The summed E-state index contributed by atoms with van der Waals surface area (Å²) in [6.07, 6.45) is 5.80. The average molecular weight is 464 g/mol. The highest BCUT2D eigenvalue weighted by molar-refractivity contribution is 5.98. The van der Waals surface area contributed by atoms with Crippen LogP contribution < -0.4 is 10.5 Å². The summed E-state index contributed by atoms with van der Waals surface area (Å²) < 4.78 is 8.26. The zero-order valence-electron chi connectivity index (χ0n) is 18.8. The van der Waals surface area contributed by atoms with Gasteiger partial charge in [0.1, 0.15) is 41.7 Å². The van der Waals surface area contributed by atoms with Gasteiger partial charge in [0, 0.05) is 22.9 Å². The Kier molecular flexibility index (Phi) is 4.88. The maximum absolute atomic E-state index is 12.5. The van der Waals surface area contributed by atoms with Crippen LogP contribution in [-0.2, 0) is 4.79 Å². The van der Waals surface area contributed by atoms with E-state index in [1.165, 1.54) is 6.33 Å². The second kappa shape index (κ2) is 8.21. The van der Waals surface area contributed by atoms with Crippen molar-refractivity contribution < 1.29 is 9.53 Å². The highest BCUT2D eigenvalue weighted by atomic mass is 16.5. The summed E-state index contributed by atoms with van der Waals surface area (Å²) in [6, 6.07) is 17.0. The number of para-hydroxylation sites is 1. The number of aromatic amines is 1. The molecule has 0 saturated carbocycles. The van der Waals surface area contributed by atoms with E-state index in [1.807, 2.05) is 61.5 Å². The van der Waals surface area contributed by atoms with Crippen LogP contribution >= 0.6 is 0 Å². The summed E-state index contributed by atoms with van der Waals surface area (Å²) in [5.41, 5.74) is 10.7. The number of aromatic nitrogens is 6. The number of carbonyl (C=O) groups excluding carboxylic acids is 1. The first-order valence-electron chi connectivity index (χ1n) is 11.2. The van der Waals surface area contributed by atoms with Gasteiger partial charge in [0.2, 0.25) is 0 Å². The van der Waals surface area contributed by atoms with Gasteiger partial charge in [0.05, 0.1) is 17.5 Å². The van der Waals surface area contributed by atoms with Crippen molar-refractivity contribution in [2.45, 2.75) is 18.9 Å². The summed E-state index contributed by atoms with van der Waals surface area (Å²) in [5, 5.41) is 12.4. The number of hydrogen-bond acceptors (Lipinski definition) is 7. The first kappa shape index (κ1) is 20.8. The average Bonchev–Trinajstić information content (AvgIpc) is 3.56. The lowest BCUT2D eigenvalue weighted by Gasteiger charge is -2.31. The molecule has 3 aromatic heterocycles. The Morgan fingerprint density at radius 3 is 2.66 bits per heavy atom. The number of ether oxygens (including phenoxy) is 1. The molecule has 1 aliphatic rings. The number of nitrogens with two attached hydrogens (primary N) is 1. The molecule has 4 heterocycles. The summed E-state index contributed by atoms with van der Waals surface area (Å²) >= 11 is 0. The molecular weight excluding hydrogens is 442 g/mol. The quantitative estimate of drug-likeness (QED) is 0.375. The molecule has 0 saturated heterocycles. The van der Waals surface area contributed by atoms with E-state index in [0.717, 1.165) is 28.5 Å². The fourth-order valence-corrected chi connectivity index (χ4v) is 4.66. The molecule has 0 bridgehead atoms. The van der Waals surface area contributed by atoms with E-state index < -0.39 is 12.0 Å². The highest BCUT2D eigenvalue weighted by Gasteiger charge is 2.34. The fourth-order valence-electron chi connectivity index (χ4n) is 4.66. The molecular formula is C26H21N7O2. The van der Waals surface area contributed by atoms with E-state index in [1.54, 1.807) is 17.1 Å². The van der Waals surface area contributed by atoms with E-state index in [-0.39, 0.29) is 0 Å². The molecule has 6 rings (SSSR count). The van der Waals surface area contributed by atoms with Gasteiger partial charge in [-0.25, -0.2) is 14.6 Å². The van der Waals surface area contributed by atoms with Crippen molar-refractivity contribution in [1.82, 2.24) is 29.9 Å². The first-order valence-corrected chi connectivity index (χ1v) is 11.2. The number of nitrogens with zero attached hydrogens (tertiary/aromatic N) is 5. The Bertz CT molecular complexity index is 1570. The van der Waals surface area contributed by atoms with Gasteiger partial charge in [-0.05, 0) is 18.6 Å². The third-order valence-corrected chi connectivity index (χ3v) is 6.31. The molecule has 0 aliphatic carbocycles. The van der Waals surface area contributed by atoms with Gasteiger partial charge in [-0.3, -0.25) is 5.10 Å². The molecule has 2 aromatic carbocycles. The Labute approximate surface area is 200 Å². The fraction of sp³-hybridized carbons (Fsp3) is 0.115. The predicted octanol–water partition coefficient (Wildman–Crippen LogP) is 4.15. The lowest BCUT2D eigenvalue weighted by molar-refractivity contribution is -0.108. The van der Waals surface area contributed by atoms with Crippen LogP contribution in [0.4, 0.5) is 5.82 Å². The molecule has 3 N–H and O–H groups in total. The van der Waals surface area contributed by atoms with Crippen molar-refractivity contribution in [3.05, 3.63) is 90.2 Å². The van der Waals surface area contributed by atoms with Crippen LogP contribution in [0.2, 0.25) is 0 Å². The summed E-state index contributed by atoms with van der Waals surface area (Å²) in [6.45, 7) is 1.97. The molecule has 0 spiro atoms. The van der Waals surface area contributed by atoms with Gasteiger partial charge >= 0.3 is 0 Å². The van der Waals surface area contributed by atoms with Crippen molar-refractivity contribution >= 4 is 28.7 Å². The van der Waals surface area contributed by atoms with Gasteiger partial charge in [0.15, 0.2) is 5.65 Å². The SMILES string of the molecule is CC(C1=C(c2ccccc2)C(C=O)c2ccccc2O1)n1nc(-c2cn[nH]c2)c2c(N)ncnc21. The summed E-state index contributed by atoms with van der Waals surface area (Å²) in [7, 11) is 0. The van der Waals surface area contributed by atoms with E-state index in [4.69, 9.17) is 15.6 Å². The van der Waals surface area contributed by atoms with Gasteiger partial charge in [-0.2, -0.15) is 10.2 Å². The van der Waals surface area contributed by atoms with Crippen LogP contribution in [0.1, 0.15) is 30.0 Å². The van der Waals surface area contributed by atoms with E-state index in [9.17, 15) is 4.79 Å². The topological polar surface area (TPSA) is 125 Å². The van der Waals surface area contributed by atoms with Crippen molar-refractivity contribution in [3.63, 3.8) is 0 Å². The molecule has 1 aliphatic heterocycles. The van der Waals surface area contributed by atoms with Gasteiger partial charge in [0.25, 0.3) is 0 Å². The maximum Gasteiger partial charge on any atom is 0.164 e. The Morgan fingerprint density at radius 1 is 1.09 bits per heavy atom. The smallest absolute Gasteiger partial charge is 0.164 e. The zero-order chi connectivity index (χ0) is 23.9. The van der Waals surface area contributed by atoms with E-state index in [2.05, 4.69) is 20.2 Å². The standard InChI is InChI=1S/C26H21N7O2/c1-15(33-26-22(25(27)28-14-29-26)23(32-33)17-11-30-31-12-17)24-21(16-7-3-2-4-8-16)19(13-34)18-9-5-6-10-20(18)35-24/h2-15,19H,1H3,(H,30,31)(H2,27,28,29). The largest absolute Gasteiger partial charge is 0.459 e. The molecule has 35 heavy (non-hydrogen) atoms. The summed E-state index contributed by atoms with van der Waals surface area (Å²) in [4.78, 5) is 21.1. The predicted molar refractivity (Wildman–Crippen MR) is 131 cm³/mol. The number of benzene rings is 2. The number of anilines is 1. The van der Waals surface area contributed by atoms with Crippen LogP contribution in [0.3, 0.4) is 0 Å². The number of aldehydes is 1. The van der Waals surface area contributed by atoms with Crippen LogP contribution in [0.25, 0.3) is 27.9 Å². The minimum absolute atomic E-state index is 0.322. The molecule has 0 fully saturated rings. The van der Waals surface area contributed by atoms with E-state index in [0.29, 0.717) is 34.1 Å². The van der Waals surface area contributed by atoms with E-state index >= 15 is 0 Å². The molecule has 2 unspecified atom stereocenters. The normalized spacial score (nSPS) is 16.1. The number of allylic oxidation sites excluding steroid dienone is 2. The number of rotatable bonds is 5. The van der Waals surface area contributed by atoms with Crippen molar-refractivity contribution in [1.29, 1.82) is 0 Å². The minimum Gasteiger partial charge on any atom is -0.459 e. The molecule has 2 atom stereocenters. The Balaban J connectivity index is 1.60. The lowest BCUT2D eigenvalue weighted by atomic mass is 9.83. The van der Waals surface area contributed by atoms with Gasteiger partial charge < -0.3 is 15.3 Å². The molecule has 0 radical (unpaired) electrons. The minimum atomic E-state index is -0.491. The Hall–Kier alpha value is -4.79. The second-order valence-electron chi connectivity index (χ2n) is 8.31. The van der Waals surface area contributed by atoms with Gasteiger partial charge in [-0.1, -0.05) is 48.5 Å². The lowest BCUT2D eigenvalue weighted by Crippen LogP contribution is -2.23. The maximum atomic E-state index is 12.5. The number of nitrogens with one attached hydrogen (secondary N) is 1. The number of hydrogen-bond donors (Lipinski definition) is 2. The van der Waals surface area contributed by atoms with Crippen molar-refractivity contribution in [2.75, 3.05) is 5.73 Å². The van der Waals surface area contributed by atoms with Crippen molar-refractivity contribution in [3.8, 4) is 17.0 Å². The highest BCUT2D eigenvalue weighted by Crippen LogP contribution is 2.46. The van der Waals surface area contributed by atoms with Crippen LogP contribution in [0.15, 0.2) is 79.1 Å². The molecule has 9 heteroatoms. The van der Waals surface area contributed by atoms with Crippen molar-refractivity contribution in [2.24, 2.45) is 0 Å². The van der Waals surface area contributed by atoms with Crippen LogP contribution in [0.5, 0.6) is 5.75 Å². The monoisotopic (exact) mass is 463 g/mol. The third-order valence-electron chi connectivity index (χ3n) is 6.31. The molecule has 5 aromatic rings. The number of H-pyrrole nitrogens is 1. The molecule has 9 nitrogen and oxygen atoms in total. The van der Waals surface area contributed by atoms with Gasteiger partial charge in [-0.15, -0.1) is 0 Å².